The summed E-state index contributed by atoms with van der Waals surface area (Å²) in [6, 6.07) is 12.9. The number of anilines is 1. The maximum Gasteiger partial charge on any atom is 0.306 e. The van der Waals surface area contributed by atoms with Crippen molar-refractivity contribution in [3.05, 3.63) is 59.4 Å². The Bertz CT molecular complexity index is 677. The first-order valence-electron chi connectivity index (χ1n) is 7.17. The highest BCUT2D eigenvalue weighted by atomic mass is 35.5. The molecule has 1 amide bonds. The molecule has 5 nitrogen and oxygen atoms in total. The Morgan fingerprint density at radius 3 is 2.65 bits per heavy atom. The van der Waals surface area contributed by atoms with Crippen LogP contribution in [0.4, 0.5) is 5.69 Å². The summed E-state index contributed by atoms with van der Waals surface area (Å²) >= 11 is 5.83. The van der Waals surface area contributed by atoms with E-state index in [-0.39, 0.29) is 24.1 Å². The zero-order valence-corrected chi connectivity index (χ0v) is 13.4. The number of nitrogens with zero attached hydrogens (tertiary/aromatic N) is 1. The molecule has 1 heterocycles. The second-order valence-electron chi connectivity index (χ2n) is 5.07. The number of halogens is 1. The minimum absolute atomic E-state index is 0.0273. The van der Waals surface area contributed by atoms with Gasteiger partial charge in [0.15, 0.2) is 11.8 Å². The number of aromatic nitrogens is 1. The second-order valence-corrected chi connectivity index (χ2v) is 5.42. The van der Waals surface area contributed by atoms with Crippen molar-refractivity contribution >= 4 is 29.2 Å². The molecule has 0 unspecified atom stereocenters. The number of hydrogen-bond acceptors (Lipinski definition) is 4. The molecule has 1 N–H and O–H groups in total. The number of esters is 1. The van der Waals surface area contributed by atoms with Gasteiger partial charge in [-0.1, -0.05) is 48.9 Å². The van der Waals surface area contributed by atoms with Crippen LogP contribution in [0.15, 0.2) is 48.7 Å². The van der Waals surface area contributed by atoms with Crippen LogP contribution in [0.1, 0.15) is 24.8 Å². The van der Waals surface area contributed by atoms with Gasteiger partial charge >= 0.3 is 5.97 Å². The molecule has 0 aliphatic heterocycles. The topological polar surface area (TPSA) is 68.3 Å². The summed E-state index contributed by atoms with van der Waals surface area (Å²) < 4.78 is 4.99. The average Bonchev–Trinajstić information content (AvgIpc) is 2.56. The fourth-order valence-electron chi connectivity index (χ4n) is 2.02. The fourth-order valence-corrected chi connectivity index (χ4v) is 2.19. The molecule has 0 fully saturated rings. The van der Waals surface area contributed by atoms with Gasteiger partial charge in [-0.25, -0.2) is 4.98 Å². The number of ether oxygens (including phenoxy) is 1. The van der Waals surface area contributed by atoms with Crippen LogP contribution in [0.3, 0.4) is 0 Å². The highest BCUT2D eigenvalue weighted by Crippen LogP contribution is 2.19. The number of carbonyl (C=O) groups excluding carboxylic acids is 2. The van der Waals surface area contributed by atoms with Crippen LogP contribution in [0.2, 0.25) is 5.15 Å². The standard InChI is InChI=1S/C17H17ClN2O3/c1-12(13-6-3-2-4-7-13)10-16(22)23-11-15(21)20-14-8-5-9-19-17(14)18/h2-9,12H,10-11H2,1H3,(H,20,21)/t12-/m0/s1. The van der Waals surface area contributed by atoms with E-state index in [1.54, 1.807) is 12.1 Å². The SMILES string of the molecule is C[C@@H](CC(=O)OCC(=O)Nc1cccnc1Cl)c1ccccc1. The molecule has 0 spiro atoms. The Morgan fingerprint density at radius 2 is 1.96 bits per heavy atom. The van der Waals surface area contributed by atoms with E-state index in [1.165, 1.54) is 6.20 Å². The molecule has 2 aromatic rings. The highest BCUT2D eigenvalue weighted by molar-refractivity contribution is 6.32. The van der Waals surface area contributed by atoms with Gasteiger partial charge in [-0.15, -0.1) is 0 Å². The van der Waals surface area contributed by atoms with Gasteiger partial charge in [0.05, 0.1) is 12.1 Å². The smallest absolute Gasteiger partial charge is 0.306 e. The van der Waals surface area contributed by atoms with Gasteiger partial charge < -0.3 is 10.1 Å². The summed E-state index contributed by atoms with van der Waals surface area (Å²) in [7, 11) is 0. The minimum Gasteiger partial charge on any atom is -0.456 e. The van der Waals surface area contributed by atoms with Crippen LogP contribution in [0.5, 0.6) is 0 Å². The molecule has 0 radical (unpaired) electrons. The predicted molar refractivity (Wildman–Crippen MR) is 88.3 cm³/mol. The van der Waals surface area contributed by atoms with Crippen LogP contribution >= 0.6 is 11.6 Å². The molecule has 0 aliphatic carbocycles. The Kier molecular flexibility index (Phi) is 6.11. The third-order valence-electron chi connectivity index (χ3n) is 3.24. The molecule has 1 atom stereocenters. The van der Waals surface area contributed by atoms with Crippen LogP contribution < -0.4 is 5.32 Å². The zero-order chi connectivity index (χ0) is 16.7. The summed E-state index contributed by atoms with van der Waals surface area (Å²) in [5.41, 5.74) is 1.43. The molecule has 1 aromatic heterocycles. The molecule has 2 rings (SSSR count). The van der Waals surface area contributed by atoms with Gasteiger partial charge in [-0.05, 0) is 23.6 Å². The van der Waals surface area contributed by atoms with Gasteiger partial charge in [-0.2, -0.15) is 0 Å². The molecule has 0 aliphatic rings. The van der Waals surface area contributed by atoms with Crippen molar-refractivity contribution in [2.75, 3.05) is 11.9 Å². The van der Waals surface area contributed by atoms with Gasteiger partial charge in [0, 0.05) is 6.20 Å². The lowest BCUT2D eigenvalue weighted by molar-refractivity contribution is -0.147. The Balaban J connectivity index is 1.78. The van der Waals surface area contributed by atoms with E-state index < -0.39 is 11.9 Å². The molecular formula is C17H17ClN2O3. The summed E-state index contributed by atoms with van der Waals surface area (Å²) in [6.45, 7) is 1.58. The normalized spacial score (nSPS) is 11.6. The zero-order valence-electron chi connectivity index (χ0n) is 12.7. The number of amides is 1. The third kappa shape index (κ3) is 5.38. The number of rotatable bonds is 6. The van der Waals surface area contributed by atoms with Crippen molar-refractivity contribution in [1.82, 2.24) is 4.98 Å². The van der Waals surface area contributed by atoms with Gasteiger partial charge in [0.1, 0.15) is 0 Å². The van der Waals surface area contributed by atoms with Crippen molar-refractivity contribution in [2.24, 2.45) is 0 Å². The monoisotopic (exact) mass is 332 g/mol. The minimum atomic E-state index is -0.458. The molecule has 0 saturated carbocycles. The molecule has 1 aromatic carbocycles. The van der Waals surface area contributed by atoms with E-state index in [4.69, 9.17) is 16.3 Å². The molecule has 6 heteroatoms. The third-order valence-corrected chi connectivity index (χ3v) is 3.54. The molecule has 23 heavy (non-hydrogen) atoms. The predicted octanol–water partition coefficient (Wildman–Crippen LogP) is 3.41. The summed E-state index contributed by atoms with van der Waals surface area (Å²) in [5.74, 6) is -0.853. The number of carbonyl (C=O) groups is 2. The number of hydrogen-bond donors (Lipinski definition) is 1. The highest BCUT2D eigenvalue weighted by Gasteiger charge is 2.14. The van der Waals surface area contributed by atoms with Gasteiger partial charge in [0.25, 0.3) is 5.91 Å². The average molecular weight is 333 g/mol. The maximum atomic E-state index is 11.8. The van der Waals surface area contributed by atoms with E-state index in [0.717, 1.165) is 5.56 Å². The Morgan fingerprint density at radius 1 is 1.22 bits per heavy atom. The largest absolute Gasteiger partial charge is 0.456 e. The van der Waals surface area contributed by atoms with E-state index in [1.807, 2.05) is 37.3 Å². The van der Waals surface area contributed by atoms with E-state index in [9.17, 15) is 9.59 Å². The number of nitrogens with one attached hydrogen (secondary N) is 1. The lowest BCUT2D eigenvalue weighted by atomic mass is 9.98. The van der Waals surface area contributed by atoms with Gasteiger partial charge in [0.2, 0.25) is 0 Å². The van der Waals surface area contributed by atoms with Crippen molar-refractivity contribution < 1.29 is 14.3 Å². The van der Waals surface area contributed by atoms with E-state index in [2.05, 4.69) is 10.3 Å². The number of benzene rings is 1. The second kappa shape index (κ2) is 8.29. The van der Waals surface area contributed by atoms with Crippen molar-refractivity contribution in [3.8, 4) is 0 Å². The first-order chi connectivity index (χ1) is 11.1. The van der Waals surface area contributed by atoms with Crippen LogP contribution in [0, 0.1) is 0 Å². The first kappa shape index (κ1) is 17.0. The quantitative estimate of drug-likeness (QED) is 0.650. The van der Waals surface area contributed by atoms with Crippen molar-refractivity contribution in [1.29, 1.82) is 0 Å². The molecular weight excluding hydrogens is 316 g/mol. The Labute approximate surface area is 139 Å². The lowest BCUT2D eigenvalue weighted by Crippen LogP contribution is -2.21. The van der Waals surface area contributed by atoms with E-state index in [0.29, 0.717) is 5.69 Å². The van der Waals surface area contributed by atoms with Crippen LogP contribution in [-0.4, -0.2) is 23.5 Å². The molecule has 0 bridgehead atoms. The van der Waals surface area contributed by atoms with Crippen LogP contribution in [-0.2, 0) is 14.3 Å². The summed E-state index contributed by atoms with van der Waals surface area (Å²) in [6.07, 6.45) is 1.73. The molecule has 120 valence electrons. The van der Waals surface area contributed by atoms with Crippen molar-refractivity contribution in [2.45, 2.75) is 19.3 Å². The summed E-state index contributed by atoms with van der Waals surface area (Å²) in [4.78, 5) is 27.4. The van der Waals surface area contributed by atoms with Crippen molar-refractivity contribution in [3.63, 3.8) is 0 Å². The molecule has 0 saturated heterocycles. The summed E-state index contributed by atoms with van der Waals surface area (Å²) in [5, 5.41) is 2.73. The van der Waals surface area contributed by atoms with E-state index >= 15 is 0 Å². The number of pyridine rings is 1. The van der Waals surface area contributed by atoms with Gasteiger partial charge in [-0.3, -0.25) is 9.59 Å². The lowest BCUT2D eigenvalue weighted by Gasteiger charge is -2.11. The van der Waals surface area contributed by atoms with Crippen LogP contribution in [0.25, 0.3) is 0 Å². The first-order valence-corrected chi connectivity index (χ1v) is 7.55. The fraction of sp³-hybridized carbons (Fsp3) is 0.235. The Hall–Kier alpha value is -2.40. The maximum absolute atomic E-state index is 11.8.